The Morgan fingerprint density at radius 3 is 1.33 bits per heavy atom. The quantitative estimate of drug-likeness (QED) is 0.0352. The van der Waals surface area contributed by atoms with Gasteiger partial charge in [0.2, 0.25) is 0 Å². The van der Waals surface area contributed by atoms with E-state index in [2.05, 4.69) is 57.2 Å². The molecule has 0 saturated heterocycles. The topological polar surface area (TPSA) is 61.8 Å². The highest BCUT2D eigenvalue weighted by Crippen LogP contribution is 2.15. The minimum absolute atomic E-state index is 0.0852. The van der Waals surface area contributed by atoms with Gasteiger partial charge in [0.25, 0.3) is 0 Å². The van der Waals surface area contributed by atoms with Crippen LogP contribution in [-0.2, 0) is 23.8 Å². The first-order valence-corrected chi connectivity index (χ1v) is 23.5. The van der Waals surface area contributed by atoms with Crippen LogP contribution in [0.2, 0.25) is 0 Å². The Kier molecular flexibility index (Phi) is 43.9. The molecule has 1 atom stereocenters. The van der Waals surface area contributed by atoms with Gasteiger partial charge in [-0.15, -0.1) is 0 Å². The molecule has 0 spiro atoms. The van der Waals surface area contributed by atoms with Gasteiger partial charge in [-0.1, -0.05) is 211 Å². The Hall–Kier alpha value is -1.88. The molecular weight excluding hydrogens is 669 g/mol. The van der Waals surface area contributed by atoms with Crippen molar-refractivity contribution in [1.29, 1.82) is 0 Å². The molecule has 0 fully saturated rings. The summed E-state index contributed by atoms with van der Waals surface area (Å²) in [6.45, 7) is 7.72. The van der Waals surface area contributed by atoms with Gasteiger partial charge < -0.3 is 14.2 Å². The minimum atomic E-state index is -0.531. The van der Waals surface area contributed by atoms with E-state index in [4.69, 9.17) is 14.2 Å². The average Bonchev–Trinajstić information content (AvgIpc) is 3.17. The summed E-state index contributed by atoms with van der Waals surface area (Å²) >= 11 is 0. The van der Waals surface area contributed by atoms with Crippen LogP contribution in [-0.4, -0.2) is 37.9 Å². The van der Waals surface area contributed by atoms with Gasteiger partial charge in [-0.2, -0.15) is 0 Å². The lowest BCUT2D eigenvalue weighted by atomic mass is 10.1. The van der Waals surface area contributed by atoms with E-state index in [0.29, 0.717) is 26.1 Å². The summed E-state index contributed by atoms with van der Waals surface area (Å²) in [6, 6.07) is 0. The van der Waals surface area contributed by atoms with E-state index in [1.807, 2.05) is 0 Å². The summed E-state index contributed by atoms with van der Waals surface area (Å²) in [6.07, 6.45) is 52.8. The number of unbranched alkanes of at least 4 members (excludes halogenated alkanes) is 26. The van der Waals surface area contributed by atoms with Crippen LogP contribution in [0.4, 0.5) is 0 Å². The molecule has 0 aromatic heterocycles. The fraction of sp³-hybridized carbons (Fsp3) is 0.837. The molecule has 54 heavy (non-hydrogen) atoms. The summed E-state index contributed by atoms with van der Waals surface area (Å²) in [5, 5.41) is 0. The third kappa shape index (κ3) is 42.9. The van der Waals surface area contributed by atoms with Gasteiger partial charge in [-0.3, -0.25) is 9.59 Å². The molecule has 0 saturated carbocycles. The standard InChI is InChI=1S/C49H90O5/c1-4-7-10-13-16-19-22-23-24-25-26-27-29-30-33-36-39-42-48(50)53-46-47(45-52-44-41-38-35-32-21-18-15-12-9-6-3)54-49(51)43-40-37-34-31-28-20-17-14-11-8-5-2/h7,10,16,19,23-24,47H,4-6,8-9,11-15,17-18,20-22,25-46H2,1-3H3/b10-7-,19-16-,24-23-. The molecule has 0 aliphatic rings. The third-order valence-corrected chi connectivity index (χ3v) is 10.2. The zero-order valence-electron chi connectivity index (χ0n) is 36.2. The summed E-state index contributed by atoms with van der Waals surface area (Å²) < 4.78 is 17.3. The Bertz CT molecular complexity index is 862. The van der Waals surface area contributed by atoms with E-state index >= 15 is 0 Å². The Morgan fingerprint density at radius 1 is 0.426 bits per heavy atom. The maximum atomic E-state index is 12.7. The van der Waals surface area contributed by atoms with Crippen LogP contribution in [0, 0.1) is 0 Å². The van der Waals surface area contributed by atoms with Crippen molar-refractivity contribution >= 4 is 11.9 Å². The number of hydrogen-bond acceptors (Lipinski definition) is 5. The van der Waals surface area contributed by atoms with E-state index in [1.54, 1.807) is 0 Å². The van der Waals surface area contributed by atoms with Gasteiger partial charge in [0.05, 0.1) is 6.61 Å². The SMILES string of the molecule is CC/C=C\C/C=C\C/C=C\CCCCCCCCCC(=O)OCC(COCCCCCCCCCCCC)OC(=O)CCCCCCCCCCCCC. The molecule has 0 aliphatic heterocycles. The van der Waals surface area contributed by atoms with E-state index < -0.39 is 6.10 Å². The maximum Gasteiger partial charge on any atom is 0.306 e. The molecule has 316 valence electrons. The first-order chi connectivity index (χ1) is 26.6. The normalized spacial score (nSPS) is 12.4. The molecule has 1 unspecified atom stereocenters. The Labute approximate surface area is 336 Å². The van der Waals surface area contributed by atoms with Crippen molar-refractivity contribution < 1.29 is 23.8 Å². The van der Waals surface area contributed by atoms with Crippen molar-refractivity contribution in [1.82, 2.24) is 0 Å². The maximum absolute atomic E-state index is 12.7. The molecule has 5 heteroatoms. The van der Waals surface area contributed by atoms with Gasteiger partial charge in [-0.25, -0.2) is 0 Å². The molecule has 0 radical (unpaired) electrons. The fourth-order valence-electron chi connectivity index (χ4n) is 6.70. The van der Waals surface area contributed by atoms with Crippen LogP contribution in [0.5, 0.6) is 0 Å². The smallest absolute Gasteiger partial charge is 0.306 e. The largest absolute Gasteiger partial charge is 0.462 e. The van der Waals surface area contributed by atoms with E-state index in [1.165, 1.54) is 141 Å². The second kappa shape index (κ2) is 45.5. The minimum Gasteiger partial charge on any atom is -0.462 e. The second-order valence-electron chi connectivity index (χ2n) is 15.6. The van der Waals surface area contributed by atoms with Crippen molar-refractivity contribution in [2.24, 2.45) is 0 Å². The molecule has 0 aromatic carbocycles. The molecular formula is C49H90O5. The number of rotatable bonds is 43. The van der Waals surface area contributed by atoms with Crippen molar-refractivity contribution in [3.05, 3.63) is 36.5 Å². The lowest BCUT2D eigenvalue weighted by Crippen LogP contribution is -2.30. The molecule has 0 N–H and O–H groups in total. The number of esters is 2. The molecule has 0 amide bonds. The number of allylic oxidation sites excluding steroid dienone is 6. The summed E-state index contributed by atoms with van der Waals surface area (Å²) in [5.74, 6) is -0.399. The van der Waals surface area contributed by atoms with Gasteiger partial charge in [0, 0.05) is 19.4 Å². The van der Waals surface area contributed by atoms with Gasteiger partial charge in [0.1, 0.15) is 6.61 Å². The van der Waals surface area contributed by atoms with Crippen LogP contribution in [0.1, 0.15) is 239 Å². The van der Waals surface area contributed by atoms with Crippen LogP contribution < -0.4 is 0 Å². The van der Waals surface area contributed by atoms with Gasteiger partial charge >= 0.3 is 11.9 Å². The summed E-state index contributed by atoms with van der Waals surface area (Å²) in [5.41, 5.74) is 0. The van der Waals surface area contributed by atoms with Crippen LogP contribution >= 0.6 is 0 Å². The number of carbonyl (C=O) groups excluding carboxylic acids is 2. The van der Waals surface area contributed by atoms with Crippen molar-refractivity contribution in [2.45, 2.75) is 245 Å². The molecule has 0 aliphatic carbocycles. The third-order valence-electron chi connectivity index (χ3n) is 10.2. The van der Waals surface area contributed by atoms with E-state index in [0.717, 1.165) is 64.2 Å². The summed E-state index contributed by atoms with van der Waals surface area (Å²) in [4.78, 5) is 25.2. The number of hydrogen-bond donors (Lipinski definition) is 0. The van der Waals surface area contributed by atoms with E-state index in [9.17, 15) is 9.59 Å². The zero-order chi connectivity index (χ0) is 39.3. The predicted octanol–water partition coefficient (Wildman–Crippen LogP) is 15.4. The average molecular weight is 759 g/mol. The van der Waals surface area contributed by atoms with Crippen molar-refractivity contribution in [3.8, 4) is 0 Å². The first kappa shape index (κ1) is 52.1. The second-order valence-corrected chi connectivity index (χ2v) is 15.6. The molecule has 0 aromatic rings. The highest BCUT2D eigenvalue weighted by atomic mass is 16.6. The highest BCUT2D eigenvalue weighted by Gasteiger charge is 2.17. The first-order valence-electron chi connectivity index (χ1n) is 23.5. The number of carbonyl (C=O) groups is 2. The van der Waals surface area contributed by atoms with Crippen LogP contribution in [0.3, 0.4) is 0 Å². The van der Waals surface area contributed by atoms with Gasteiger partial charge in [-0.05, 0) is 51.4 Å². The Morgan fingerprint density at radius 2 is 0.833 bits per heavy atom. The summed E-state index contributed by atoms with van der Waals surface area (Å²) in [7, 11) is 0. The van der Waals surface area contributed by atoms with Crippen molar-refractivity contribution in [3.63, 3.8) is 0 Å². The Balaban J connectivity index is 4.19. The van der Waals surface area contributed by atoms with Crippen molar-refractivity contribution in [2.75, 3.05) is 19.8 Å². The van der Waals surface area contributed by atoms with Gasteiger partial charge in [0.15, 0.2) is 6.10 Å². The molecule has 0 bridgehead atoms. The molecule has 5 nitrogen and oxygen atoms in total. The molecule has 0 heterocycles. The lowest BCUT2D eigenvalue weighted by Gasteiger charge is -2.18. The monoisotopic (exact) mass is 759 g/mol. The predicted molar refractivity (Wildman–Crippen MR) is 233 cm³/mol. The molecule has 0 rings (SSSR count). The van der Waals surface area contributed by atoms with Crippen LogP contribution in [0.25, 0.3) is 0 Å². The van der Waals surface area contributed by atoms with E-state index in [-0.39, 0.29) is 18.5 Å². The highest BCUT2D eigenvalue weighted by molar-refractivity contribution is 5.70. The van der Waals surface area contributed by atoms with Crippen LogP contribution in [0.15, 0.2) is 36.5 Å². The fourth-order valence-corrected chi connectivity index (χ4v) is 6.70. The number of ether oxygens (including phenoxy) is 3. The lowest BCUT2D eigenvalue weighted by molar-refractivity contribution is -0.163. The zero-order valence-corrected chi connectivity index (χ0v) is 36.2.